The van der Waals surface area contributed by atoms with Gasteiger partial charge in [-0.2, -0.15) is 0 Å². The molecule has 0 bridgehead atoms. The summed E-state index contributed by atoms with van der Waals surface area (Å²) in [5.74, 6) is -0.345. The van der Waals surface area contributed by atoms with E-state index in [9.17, 15) is 4.39 Å². The SMILES string of the molecule is CNC(CCc1ccccc1)Cc1ccc(Cl)c(F)c1. The summed E-state index contributed by atoms with van der Waals surface area (Å²) >= 11 is 5.70. The van der Waals surface area contributed by atoms with E-state index in [2.05, 4.69) is 29.6 Å². The van der Waals surface area contributed by atoms with E-state index in [1.807, 2.05) is 19.2 Å². The summed E-state index contributed by atoms with van der Waals surface area (Å²) in [5.41, 5.74) is 2.30. The zero-order chi connectivity index (χ0) is 14.4. The molecule has 0 saturated heterocycles. The van der Waals surface area contributed by atoms with E-state index < -0.39 is 0 Å². The number of benzene rings is 2. The standard InChI is InChI=1S/C17H19ClFN/c1-20-15(9-7-13-5-3-2-4-6-13)11-14-8-10-16(18)17(19)12-14/h2-6,8,10,12,15,20H,7,9,11H2,1H3. The van der Waals surface area contributed by atoms with Gasteiger partial charge in [-0.1, -0.05) is 48.0 Å². The molecule has 1 N–H and O–H groups in total. The minimum absolute atomic E-state index is 0.180. The molecule has 0 spiro atoms. The Hall–Kier alpha value is -1.38. The molecule has 20 heavy (non-hydrogen) atoms. The van der Waals surface area contributed by atoms with Gasteiger partial charge in [0.05, 0.1) is 5.02 Å². The summed E-state index contributed by atoms with van der Waals surface area (Å²) in [4.78, 5) is 0. The van der Waals surface area contributed by atoms with Crippen LogP contribution in [0, 0.1) is 5.82 Å². The van der Waals surface area contributed by atoms with E-state index in [0.29, 0.717) is 6.04 Å². The van der Waals surface area contributed by atoms with Crippen molar-refractivity contribution in [2.45, 2.75) is 25.3 Å². The van der Waals surface area contributed by atoms with Crippen molar-refractivity contribution in [3.05, 3.63) is 70.5 Å². The van der Waals surface area contributed by atoms with Crippen LogP contribution in [0.1, 0.15) is 17.5 Å². The highest BCUT2D eigenvalue weighted by atomic mass is 35.5. The fourth-order valence-corrected chi connectivity index (χ4v) is 2.40. The lowest BCUT2D eigenvalue weighted by molar-refractivity contribution is 0.518. The second-order valence-electron chi connectivity index (χ2n) is 4.96. The summed E-state index contributed by atoms with van der Waals surface area (Å²) < 4.78 is 13.4. The van der Waals surface area contributed by atoms with Gasteiger partial charge in [0.1, 0.15) is 5.82 Å². The fraction of sp³-hybridized carbons (Fsp3) is 0.294. The summed E-state index contributed by atoms with van der Waals surface area (Å²) in [6.07, 6.45) is 2.84. The van der Waals surface area contributed by atoms with Crippen LogP contribution in [-0.4, -0.2) is 13.1 Å². The van der Waals surface area contributed by atoms with E-state index in [-0.39, 0.29) is 10.8 Å². The number of hydrogen-bond acceptors (Lipinski definition) is 1. The molecule has 0 aliphatic rings. The summed E-state index contributed by atoms with van der Waals surface area (Å²) in [6.45, 7) is 0. The van der Waals surface area contributed by atoms with E-state index in [1.165, 1.54) is 11.6 Å². The van der Waals surface area contributed by atoms with E-state index >= 15 is 0 Å². The second-order valence-corrected chi connectivity index (χ2v) is 5.37. The maximum atomic E-state index is 13.4. The van der Waals surface area contributed by atoms with Crippen LogP contribution in [0.25, 0.3) is 0 Å². The average Bonchev–Trinajstić information content (AvgIpc) is 2.48. The fourth-order valence-electron chi connectivity index (χ4n) is 2.29. The highest BCUT2D eigenvalue weighted by molar-refractivity contribution is 6.30. The first-order valence-electron chi connectivity index (χ1n) is 6.84. The molecular weight excluding hydrogens is 273 g/mol. The first kappa shape index (κ1) is 15.0. The largest absolute Gasteiger partial charge is 0.317 e. The predicted octanol–water partition coefficient (Wildman–Crippen LogP) is 4.24. The zero-order valence-electron chi connectivity index (χ0n) is 11.6. The van der Waals surface area contributed by atoms with Crippen molar-refractivity contribution in [2.75, 3.05) is 7.05 Å². The van der Waals surface area contributed by atoms with Crippen molar-refractivity contribution >= 4 is 11.6 Å². The maximum absolute atomic E-state index is 13.4. The van der Waals surface area contributed by atoms with Crippen LogP contribution in [0.3, 0.4) is 0 Å². The Morgan fingerprint density at radius 2 is 1.85 bits per heavy atom. The molecule has 0 aliphatic carbocycles. The minimum Gasteiger partial charge on any atom is -0.317 e. The van der Waals surface area contributed by atoms with Crippen LogP contribution in [0.15, 0.2) is 48.5 Å². The average molecular weight is 292 g/mol. The van der Waals surface area contributed by atoms with E-state index in [0.717, 1.165) is 24.8 Å². The summed E-state index contributed by atoms with van der Waals surface area (Å²) in [6, 6.07) is 15.8. The summed E-state index contributed by atoms with van der Waals surface area (Å²) in [7, 11) is 1.95. The van der Waals surface area contributed by atoms with Gasteiger partial charge in [-0.3, -0.25) is 0 Å². The second kappa shape index (κ2) is 7.41. The zero-order valence-corrected chi connectivity index (χ0v) is 12.3. The number of aryl methyl sites for hydroxylation is 1. The smallest absolute Gasteiger partial charge is 0.142 e. The molecule has 2 rings (SSSR count). The van der Waals surface area contributed by atoms with E-state index in [4.69, 9.17) is 11.6 Å². The first-order chi connectivity index (χ1) is 9.69. The monoisotopic (exact) mass is 291 g/mol. The third-order valence-electron chi connectivity index (χ3n) is 3.50. The van der Waals surface area contributed by atoms with Crippen molar-refractivity contribution in [3.8, 4) is 0 Å². The topological polar surface area (TPSA) is 12.0 Å². The van der Waals surface area contributed by atoms with Gasteiger partial charge in [0.15, 0.2) is 0 Å². The molecule has 0 radical (unpaired) electrons. The number of rotatable bonds is 6. The Morgan fingerprint density at radius 3 is 2.50 bits per heavy atom. The molecule has 1 atom stereocenters. The van der Waals surface area contributed by atoms with Gasteiger partial charge in [-0.25, -0.2) is 4.39 Å². The number of likely N-dealkylation sites (N-methyl/N-ethyl adjacent to an activating group) is 1. The molecule has 2 aromatic carbocycles. The Balaban J connectivity index is 1.93. The van der Waals surface area contributed by atoms with Gasteiger partial charge < -0.3 is 5.32 Å². The third-order valence-corrected chi connectivity index (χ3v) is 3.81. The highest BCUT2D eigenvalue weighted by Gasteiger charge is 2.09. The first-order valence-corrected chi connectivity index (χ1v) is 7.22. The van der Waals surface area contributed by atoms with Gasteiger partial charge in [0.25, 0.3) is 0 Å². The number of halogens is 2. The van der Waals surface area contributed by atoms with Crippen molar-refractivity contribution in [1.82, 2.24) is 5.32 Å². The highest BCUT2D eigenvalue weighted by Crippen LogP contribution is 2.17. The van der Waals surface area contributed by atoms with Crippen molar-refractivity contribution in [1.29, 1.82) is 0 Å². The Kier molecular flexibility index (Phi) is 5.57. The quantitative estimate of drug-likeness (QED) is 0.839. The predicted molar refractivity (Wildman–Crippen MR) is 82.7 cm³/mol. The van der Waals surface area contributed by atoms with Gasteiger partial charge in [0.2, 0.25) is 0 Å². The molecular formula is C17H19ClFN. The van der Waals surface area contributed by atoms with Crippen molar-refractivity contribution < 1.29 is 4.39 Å². The lowest BCUT2D eigenvalue weighted by Gasteiger charge is -2.16. The van der Waals surface area contributed by atoms with Crippen LogP contribution in [0.2, 0.25) is 5.02 Å². The molecule has 0 aliphatic heterocycles. The molecule has 1 unspecified atom stereocenters. The minimum atomic E-state index is -0.345. The van der Waals surface area contributed by atoms with Crippen LogP contribution in [-0.2, 0) is 12.8 Å². The summed E-state index contributed by atoms with van der Waals surface area (Å²) in [5, 5.41) is 3.48. The van der Waals surface area contributed by atoms with E-state index in [1.54, 1.807) is 6.07 Å². The van der Waals surface area contributed by atoms with Gasteiger partial charge in [-0.05, 0) is 49.6 Å². The van der Waals surface area contributed by atoms with Crippen LogP contribution in [0.5, 0.6) is 0 Å². The lowest BCUT2D eigenvalue weighted by Crippen LogP contribution is -2.28. The van der Waals surface area contributed by atoms with Crippen LogP contribution in [0.4, 0.5) is 4.39 Å². The van der Waals surface area contributed by atoms with Crippen molar-refractivity contribution in [2.24, 2.45) is 0 Å². The normalized spacial score (nSPS) is 12.3. The Labute approximate surface area is 124 Å². The molecule has 2 aromatic rings. The maximum Gasteiger partial charge on any atom is 0.142 e. The number of hydrogen-bond donors (Lipinski definition) is 1. The van der Waals surface area contributed by atoms with Gasteiger partial charge in [-0.15, -0.1) is 0 Å². The third kappa shape index (κ3) is 4.32. The molecule has 106 valence electrons. The van der Waals surface area contributed by atoms with Gasteiger partial charge in [0, 0.05) is 6.04 Å². The van der Waals surface area contributed by atoms with Crippen LogP contribution >= 0.6 is 11.6 Å². The molecule has 0 amide bonds. The van der Waals surface area contributed by atoms with Crippen LogP contribution < -0.4 is 5.32 Å². The molecule has 0 saturated carbocycles. The molecule has 3 heteroatoms. The van der Waals surface area contributed by atoms with Gasteiger partial charge >= 0.3 is 0 Å². The van der Waals surface area contributed by atoms with Crippen molar-refractivity contribution in [3.63, 3.8) is 0 Å². The molecule has 1 nitrogen and oxygen atoms in total. The number of nitrogens with one attached hydrogen (secondary N) is 1. The Morgan fingerprint density at radius 1 is 1.10 bits per heavy atom. The molecule has 0 heterocycles. The molecule has 0 aromatic heterocycles. The lowest BCUT2D eigenvalue weighted by atomic mass is 9.99. The molecule has 0 fully saturated rings. The Bertz CT molecular complexity index is 542.